The SMILES string of the molecule is N#Cc1c(-c2ccccc2C(F)(F)F)cc(-c2ccc(Cl)cc2Cl)nc1N. The van der Waals surface area contributed by atoms with Crippen LogP contribution in [0.4, 0.5) is 19.0 Å². The molecular weight excluding hydrogens is 398 g/mol. The van der Waals surface area contributed by atoms with Gasteiger partial charge in [-0.05, 0) is 35.9 Å². The average Bonchev–Trinajstić information content (AvgIpc) is 2.60. The lowest BCUT2D eigenvalue weighted by molar-refractivity contribution is -0.137. The number of benzene rings is 2. The Bertz CT molecular complexity index is 1070. The van der Waals surface area contributed by atoms with Crippen LogP contribution in [-0.2, 0) is 6.18 Å². The lowest BCUT2D eigenvalue weighted by Crippen LogP contribution is -2.08. The van der Waals surface area contributed by atoms with Gasteiger partial charge in [0.25, 0.3) is 0 Å². The smallest absolute Gasteiger partial charge is 0.383 e. The fourth-order valence-corrected chi connectivity index (χ4v) is 3.20. The van der Waals surface area contributed by atoms with E-state index >= 15 is 0 Å². The maximum absolute atomic E-state index is 13.4. The number of anilines is 1. The Kier molecular flexibility index (Phi) is 5.01. The number of nitrogens with zero attached hydrogens (tertiary/aromatic N) is 2. The van der Waals surface area contributed by atoms with Crippen LogP contribution in [-0.4, -0.2) is 4.98 Å². The third-order valence-electron chi connectivity index (χ3n) is 3.89. The minimum Gasteiger partial charge on any atom is -0.383 e. The number of hydrogen-bond acceptors (Lipinski definition) is 3. The minimum atomic E-state index is -4.60. The summed E-state index contributed by atoms with van der Waals surface area (Å²) in [6.45, 7) is 0. The van der Waals surface area contributed by atoms with Crippen LogP contribution in [0.2, 0.25) is 10.0 Å². The molecule has 0 fully saturated rings. The van der Waals surface area contributed by atoms with Gasteiger partial charge in [0.1, 0.15) is 17.5 Å². The Morgan fingerprint density at radius 3 is 2.30 bits per heavy atom. The number of alkyl halides is 3. The van der Waals surface area contributed by atoms with Gasteiger partial charge in [-0.2, -0.15) is 18.4 Å². The van der Waals surface area contributed by atoms with E-state index in [-0.39, 0.29) is 33.2 Å². The van der Waals surface area contributed by atoms with E-state index in [1.54, 1.807) is 12.1 Å². The first-order chi connectivity index (χ1) is 12.7. The summed E-state index contributed by atoms with van der Waals surface area (Å²) >= 11 is 12.1. The van der Waals surface area contributed by atoms with E-state index in [0.717, 1.165) is 6.07 Å². The van der Waals surface area contributed by atoms with Crippen molar-refractivity contribution in [1.29, 1.82) is 5.26 Å². The second-order valence-corrected chi connectivity index (χ2v) is 6.44. The molecule has 27 heavy (non-hydrogen) atoms. The van der Waals surface area contributed by atoms with Gasteiger partial charge in [0.15, 0.2) is 0 Å². The van der Waals surface area contributed by atoms with Crippen molar-refractivity contribution in [3.8, 4) is 28.5 Å². The van der Waals surface area contributed by atoms with Crippen LogP contribution >= 0.6 is 23.2 Å². The number of aromatic nitrogens is 1. The largest absolute Gasteiger partial charge is 0.417 e. The standard InChI is InChI=1S/C19H10Cl2F3N3/c20-10-5-6-12(16(21)7-10)17-8-13(14(9-25)18(26)27-17)11-3-1-2-4-15(11)19(22,23)24/h1-8H,(H2,26,27). The average molecular weight is 408 g/mol. The number of nitrogen functional groups attached to an aromatic ring is 1. The van der Waals surface area contributed by atoms with E-state index in [9.17, 15) is 18.4 Å². The quantitative estimate of drug-likeness (QED) is 0.550. The van der Waals surface area contributed by atoms with Crippen molar-refractivity contribution in [3.05, 3.63) is 69.7 Å². The van der Waals surface area contributed by atoms with Gasteiger partial charge in [0.2, 0.25) is 0 Å². The summed E-state index contributed by atoms with van der Waals surface area (Å²) in [6, 6.07) is 12.8. The first-order valence-electron chi connectivity index (χ1n) is 7.55. The summed E-state index contributed by atoms with van der Waals surface area (Å²) in [5.74, 6) is -0.187. The second kappa shape index (κ2) is 7.10. The van der Waals surface area contributed by atoms with Crippen molar-refractivity contribution in [2.45, 2.75) is 6.18 Å². The normalized spacial score (nSPS) is 11.3. The van der Waals surface area contributed by atoms with Crippen molar-refractivity contribution in [1.82, 2.24) is 4.98 Å². The van der Waals surface area contributed by atoms with Crippen LogP contribution in [0, 0.1) is 11.3 Å². The molecule has 0 unspecified atom stereocenters. The van der Waals surface area contributed by atoms with Crippen LogP contribution in [0.5, 0.6) is 0 Å². The van der Waals surface area contributed by atoms with Gasteiger partial charge in [-0.15, -0.1) is 0 Å². The topological polar surface area (TPSA) is 62.7 Å². The first-order valence-corrected chi connectivity index (χ1v) is 8.30. The van der Waals surface area contributed by atoms with E-state index in [1.807, 2.05) is 6.07 Å². The van der Waals surface area contributed by atoms with E-state index in [0.29, 0.717) is 10.6 Å². The van der Waals surface area contributed by atoms with Gasteiger partial charge < -0.3 is 5.73 Å². The van der Waals surface area contributed by atoms with Gasteiger partial charge in [-0.3, -0.25) is 0 Å². The Morgan fingerprint density at radius 1 is 0.963 bits per heavy atom. The third kappa shape index (κ3) is 3.70. The van der Waals surface area contributed by atoms with E-state index in [2.05, 4.69) is 4.98 Å². The van der Waals surface area contributed by atoms with Gasteiger partial charge in [0, 0.05) is 16.1 Å². The molecule has 0 aliphatic heterocycles. The molecule has 0 amide bonds. The maximum Gasteiger partial charge on any atom is 0.417 e. The number of rotatable bonds is 2. The Labute approximate surface area is 162 Å². The highest BCUT2D eigenvalue weighted by Gasteiger charge is 2.34. The zero-order valence-electron chi connectivity index (χ0n) is 13.5. The van der Waals surface area contributed by atoms with E-state index in [4.69, 9.17) is 28.9 Å². The van der Waals surface area contributed by atoms with Crippen LogP contribution in [0.15, 0.2) is 48.5 Å². The Balaban J connectivity index is 2.32. The highest BCUT2D eigenvalue weighted by atomic mass is 35.5. The molecule has 1 aromatic heterocycles. The summed E-state index contributed by atoms with van der Waals surface area (Å²) in [4.78, 5) is 4.13. The molecule has 0 spiro atoms. The fraction of sp³-hybridized carbons (Fsp3) is 0.0526. The van der Waals surface area contributed by atoms with Crippen LogP contribution in [0.25, 0.3) is 22.4 Å². The monoisotopic (exact) mass is 407 g/mol. The van der Waals surface area contributed by atoms with Gasteiger partial charge in [-0.1, -0.05) is 41.4 Å². The van der Waals surface area contributed by atoms with E-state index in [1.165, 1.54) is 30.3 Å². The summed E-state index contributed by atoms with van der Waals surface area (Å²) in [5, 5.41) is 10.1. The van der Waals surface area contributed by atoms with Crippen LogP contribution < -0.4 is 5.73 Å². The molecule has 136 valence electrons. The minimum absolute atomic E-state index is 0.0268. The predicted molar refractivity (Wildman–Crippen MR) is 99.3 cm³/mol. The summed E-state index contributed by atoms with van der Waals surface area (Å²) in [6.07, 6.45) is -4.60. The zero-order valence-corrected chi connectivity index (χ0v) is 15.0. The summed E-state index contributed by atoms with van der Waals surface area (Å²) in [5.41, 5.74) is 5.38. The molecular formula is C19H10Cl2F3N3. The highest BCUT2D eigenvalue weighted by molar-refractivity contribution is 6.36. The van der Waals surface area contributed by atoms with Gasteiger partial charge >= 0.3 is 6.18 Å². The number of pyridine rings is 1. The molecule has 3 rings (SSSR count). The number of nitriles is 1. The Morgan fingerprint density at radius 2 is 1.67 bits per heavy atom. The first kappa shape index (κ1) is 19.0. The maximum atomic E-state index is 13.4. The fourth-order valence-electron chi connectivity index (χ4n) is 2.70. The molecule has 0 saturated heterocycles. The molecule has 8 heteroatoms. The molecule has 0 aliphatic carbocycles. The van der Waals surface area contributed by atoms with Crippen LogP contribution in [0.3, 0.4) is 0 Å². The van der Waals surface area contributed by atoms with Crippen molar-refractivity contribution in [3.63, 3.8) is 0 Å². The zero-order chi connectivity index (χ0) is 19.8. The van der Waals surface area contributed by atoms with Crippen molar-refractivity contribution in [2.75, 3.05) is 5.73 Å². The molecule has 0 bridgehead atoms. The molecule has 2 aromatic carbocycles. The number of halogens is 5. The number of hydrogen-bond donors (Lipinski definition) is 1. The molecule has 3 aromatic rings. The lowest BCUT2D eigenvalue weighted by Gasteiger charge is -2.16. The molecule has 3 nitrogen and oxygen atoms in total. The molecule has 0 atom stereocenters. The van der Waals surface area contributed by atoms with Crippen molar-refractivity contribution < 1.29 is 13.2 Å². The summed E-state index contributed by atoms with van der Waals surface area (Å²) in [7, 11) is 0. The molecule has 0 radical (unpaired) electrons. The van der Waals surface area contributed by atoms with E-state index < -0.39 is 11.7 Å². The summed E-state index contributed by atoms with van der Waals surface area (Å²) < 4.78 is 40.3. The molecule has 1 heterocycles. The predicted octanol–water partition coefficient (Wildman–Crippen LogP) is 6.20. The molecule has 0 saturated carbocycles. The lowest BCUT2D eigenvalue weighted by atomic mass is 9.94. The van der Waals surface area contributed by atoms with Gasteiger partial charge in [0.05, 0.1) is 16.3 Å². The van der Waals surface area contributed by atoms with Crippen LogP contribution in [0.1, 0.15) is 11.1 Å². The molecule has 2 N–H and O–H groups in total. The number of nitrogens with two attached hydrogens (primary N) is 1. The van der Waals surface area contributed by atoms with Gasteiger partial charge in [-0.25, -0.2) is 4.98 Å². The highest BCUT2D eigenvalue weighted by Crippen LogP contribution is 2.40. The third-order valence-corrected chi connectivity index (χ3v) is 4.44. The second-order valence-electron chi connectivity index (χ2n) is 5.59. The van der Waals surface area contributed by atoms with Crippen molar-refractivity contribution in [2.24, 2.45) is 0 Å². The Hall–Kier alpha value is -2.75. The molecule has 0 aliphatic rings. The van der Waals surface area contributed by atoms with Crippen molar-refractivity contribution >= 4 is 29.0 Å².